The number of nitrogens with two attached hydrogens (primary N) is 1. The molecule has 2 aromatic carbocycles. The average molecular weight is 259 g/mol. The van der Waals surface area contributed by atoms with Gasteiger partial charge >= 0.3 is 0 Å². The Kier molecular flexibility index (Phi) is 4.15. The van der Waals surface area contributed by atoms with E-state index < -0.39 is 0 Å². The molecule has 94 valence electrons. The quantitative estimate of drug-likeness (QED) is 0.668. The first-order valence-corrected chi connectivity index (χ1v) is 6.79. The van der Waals surface area contributed by atoms with Crippen LogP contribution in [0.3, 0.4) is 0 Å². The fourth-order valence-corrected chi connectivity index (χ4v) is 2.71. The molecule has 0 fully saturated rings. The second-order valence-corrected chi connectivity index (χ2v) is 5.18. The van der Waals surface area contributed by atoms with E-state index in [4.69, 9.17) is 10.5 Å². The number of thioether (sulfide) groups is 1. The summed E-state index contributed by atoms with van der Waals surface area (Å²) in [5, 5.41) is 0. The molecule has 2 rings (SSSR count). The molecule has 0 saturated carbocycles. The molecule has 3 heteroatoms. The van der Waals surface area contributed by atoms with Crippen LogP contribution in [0.4, 0.5) is 5.69 Å². The molecule has 0 aliphatic heterocycles. The van der Waals surface area contributed by atoms with Crippen LogP contribution < -0.4 is 10.5 Å². The maximum Gasteiger partial charge on any atom is 0.119 e. The van der Waals surface area contributed by atoms with Gasteiger partial charge in [0, 0.05) is 16.3 Å². The third-order valence-corrected chi connectivity index (χ3v) is 3.97. The van der Waals surface area contributed by atoms with Crippen LogP contribution >= 0.6 is 11.8 Å². The summed E-state index contributed by atoms with van der Waals surface area (Å²) in [6.07, 6.45) is 0. The lowest BCUT2D eigenvalue weighted by atomic mass is 10.2. The highest BCUT2D eigenvalue weighted by Gasteiger charge is 2.01. The number of aryl methyl sites for hydroxylation is 1. The predicted molar refractivity (Wildman–Crippen MR) is 78.1 cm³/mol. The number of methoxy groups -OCH3 is 1. The zero-order valence-electron chi connectivity index (χ0n) is 10.6. The number of benzene rings is 2. The Hall–Kier alpha value is -1.61. The van der Waals surface area contributed by atoms with Crippen LogP contribution in [-0.2, 0) is 5.75 Å². The van der Waals surface area contributed by atoms with Crippen LogP contribution in [0.1, 0.15) is 11.1 Å². The third-order valence-electron chi connectivity index (χ3n) is 2.73. The molecule has 18 heavy (non-hydrogen) atoms. The molecule has 0 saturated heterocycles. The number of nitrogen functional groups attached to an aromatic ring is 1. The van der Waals surface area contributed by atoms with Gasteiger partial charge in [0.05, 0.1) is 7.11 Å². The first-order chi connectivity index (χ1) is 8.69. The van der Waals surface area contributed by atoms with Gasteiger partial charge in [-0.2, -0.15) is 0 Å². The molecule has 0 radical (unpaired) electrons. The van der Waals surface area contributed by atoms with Crippen molar-refractivity contribution in [3.63, 3.8) is 0 Å². The number of hydrogen-bond donors (Lipinski definition) is 1. The van der Waals surface area contributed by atoms with E-state index in [1.165, 1.54) is 16.0 Å². The molecule has 2 aromatic rings. The van der Waals surface area contributed by atoms with Crippen molar-refractivity contribution in [1.29, 1.82) is 0 Å². The van der Waals surface area contributed by atoms with Gasteiger partial charge in [0.15, 0.2) is 0 Å². The molecule has 0 heterocycles. The lowest BCUT2D eigenvalue weighted by Gasteiger charge is -2.07. The Morgan fingerprint density at radius 2 is 2.00 bits per heavy atom. The molecule has 2 nitrogen and oxygen atoms in total. The highest BCUT2D eigenvalue weighted by atomic mass is 32.2. The lowest BCUT2D eigenvalue weighted by Crippen LogP contribution is -1.88. The number of hydrogen-bond acceptors (Lipinski definition) is 3. The molecular formula is C15H17NOS. The van der Waals surface area contributed by atoms with Crippen LogP contribution in [0.15, 0.2) is 47.4 Å². The highest BCUT2D eigenvalue weighted by molar-refractivity contribution is 7.98. The first-order valence-electron chi connectivity index (χ1n) is 5.81. The molecule has 0 bridgehead atoms. The van der Waals surface area contributed by atoms with Crippen molar-refractivity contribution in [2.75, 3.05) is 12.8 Å². The SMILES string of the molecule is COc1cccc(CSc2ccc(N)cc2C)c1. The minimum Gasteiger partial charge on any atom is -0.497 e. The summed E-state index contributed by atoms with van der Waals surface area (Å²) in [7, 11) is 1.69. The fourth-order valence-electron chi connectivity index (χ4n) is 1.76. The van der Waals surface area contributed by atoms with E-state index in [0.717, 1.165) is 17.2 Å². The van der Waals surface area contributed by atoms with Crippen molar-refractivity contribution >= 4 is 17.4 Å². The zero-order chi connectivity index (χ0) is 13.0. The van der Waals surface area contributed by atoms with Crippen molar-refractivity contribution < 1.29 is 4.74 Å². The Labute approximate surface area is 112 Å². The summed E-state index contributed by atoms with van der Waals surface area (Å²) in [5.41, 5.74) is 9.05. The van der Waals surface area contributed by atoms with E-state index in [-0.39, 0.29) is 0 Å². The summed E-state index contributed by atoms with van der Waals surface area (Å²) in [4.78, 5) is 1.27. The van der Waals surface area contributed by atoms with Crippen molar-refractivity contribution in [2.45, 2.75) is 17.6 Å². The van der Waals surface area contributed by atoms with Gasteiger partial charge in [0.1, 0.15) is 5.75 Å². The van der Waals surface area contributed by atoms with E-state index in [1.807, 2.05) is 36.0 Å². The predicted octanol–water partition coefficient (Wildman–Crippen LogP) is 3.88. The van der Waals surface area contributed by atoms with Gasteiger partial charge < -0.3 is 10.5 Å². The summed E-state index contributed by atoms with van der Waals surface area (Å²) < 4.78 is 5.22. The first kappa shape index (κ1) is 12.8. The largest absolute Gasteiger partial charge is 0.497 e. The Morgan fingerprint density at radius 1 is 1.17 bits per heavy atom. The number of rotatable bonds is 4. The van der Waals surface area contributed by atoms with Crippen molar-refractivity contribution in [2.24, 2.45) is 0 Å². The summed E-state index contributed by atoms with van der Waals surface area (Å²) in [5.74, 6) is 1.84. The van der Waals surface area contributed by atoms with Gasteiger partial charge in [-0.3, -0.25) is 0 Å². The zero-order valence-corrected chi connectivity index (χ0v) is 11.5. The van der Waals surface area contributed by atoms with E-state index in [0.29, 0.717) is 0 Å². The minimum absolute atomic E-state index is 0.818. The maximum absolute atomic E-state index is 5.75. The fraction of sp³-hybridized carbons (Fsp3) is 0.200. The molecule has 0 unspecified atom stereocenters. The van der Waals surface area contributed by atoms with Crippen LogP contribution in [-0.4, -0.2) is 7.11 Å². The molecule has 0 aliphatic carbocycles. The molecule has 0 spiro atoms. The molecule has 0 atom stereocenters. The van der Waals surface area contributed by atoms with Gasteiger partial charge in [-0.1, -0.05) is 12.1 Å². The Morgan fingerprint density at radius 3 is 2.72 bits per heavy atom. The van der Waals surface area contributed by atoms with Crippen molar-refractivity contribution in [1.82, 2.24) is 0 Å². The van der Waals surface area contributed by atoms with Crippen LogP contribution in [0.5, 0.6) is 5.75 Å². The van der Waals surface area contributed by atoms with E-state index >= 15 is 0 Å². The average Bonchev–Trinajstić information content (AvgIpc) is 2.38. The second kappa shape index (κ2) is 5.83. The van der Waals surface area contributed by atoms with E-state index in [9.17, 15) is 0 Å². The van der Waals surface area contributed by atoms with Gasteiger partial charge in [-0.25, -0.2) is 0 Å². The van der Waals surface area contributed by atoms with Gasteiger partial charge in [0.25, 0.3) is 0 Å². The maximum atomic E-state index is 5.75. The van der Waals surface area contributed by atoms with Gasteiger partial charge in [0.2, 0.25) is 0 Å². The summed E-state index contributed by atoms with van der Waals surface area (Å²) >= 11 is 1.82. The topological polar surface area (TPSA) is 35.2 Å². The standard InChI is InChI=1S/C15H17NOS/c1-11-8-13(16)6-7-15(11)18-10-12-4-3-5-14(9-12)17-2/h3-9H,10,16H2,1-2H3. The molecule has 0 aliphatic rings. The van der Waals surface area contributed by atoms with Crippen molar-refractivity contribution in [3.8, 4) is 5.75 Å². The highest BCUT2D eigenvalue weighted by Crippen LogP contribution is 2.28. The Bertz CT molecular complexity index is 540. The lowest BCUT2D eigenvalue weighted by molar-refractivity contribution is 0.414. The molecule has 0 amide bonds. The number of ether oxygens (including phenoxy) is 1. The summed E-state index contributed by atoms with van der Waals surface area (Å²) in [6, 6.07) is 14.2. The molecule has 2 N–H and O–H groups in total. The van der Waals surface area contributed by atoms with E-state index in [1.54, 1.807) is 7.11 Å². The van der Waals surface area contributed by atoms with Crippen LogP contribution in [0.2, 0.25) is 0 Å². The van der Waals surface area contributed by atoms with Crippen molar-refractivity contribution in [3.05, 3.63) is 53.6 Å². The number of anilines is 1. The summed E-state index contributed by atoms with van der Waals surface area (Å²) in [6.45, 7) is 2.09. The van der Waals surface area contributed by atoms with Crippen LogP contribution in [0, 0.1) is 6.92 Å². The van der Waals surface area contributed by atoms with Gasteiger partial charge in [-0.15, -0.1) is 11.8 Å². The smallest absolute Gasteiger partial charge is 0.119 e. The van der Waals surface area contributed by atoms with E-state index in [2.05, 4.69) is 25.1 Å². The monoisotopic (exact) mass is 259 g/mol. The molecular weight excluding hydrogens is 242 g/mol. The second-order valence-electron chi connectivity index (χ2n) is 4.17. The minimum atomic E-state index is 0.818. The Balaban J connectivity index is 2.06. The molecule has 0 aromatic heterocycles. The normalized spacial score (nSPS) is 10.3. The third kappa shape index (κ3) is 3.20. The van der Waals surface area contributed by atoms with Gasteiger partial charge in [-0.05, 0) is 48.4 Å². The van der Waals surface area contributed by atoms with Crippen LogP contribution in [0.25, 0.3) is 0 Å².